The van der Waals surface area contributed by atoms with E-state index >= 15 is 0 Å². The molecule has 0 N–H and O–H groups in total. The molecule has 1 saturated heterocycles. The van der Waals surface area contributed by atoms with Gasteiger partial charge < -0.3 is 9.47 Å². The molecule has 0 amide bonds. The van der Waals surface area contributed by atoms with Crippen molar-refractivity contribution in [2.75, 3.05) is 46.2 Å². The van der Waals surface area contributed by atoms with Crippen molar-refractivity contribution in [1.82, 2.24) is 4.90 Å². The molecular formula is C17H27NO2Si. The quantitative estimate of drug-likeness (QED) is 0.682. The molecule has 1 unspecified atom stereocenters. The molecule has 1 aromatic rings. The molecule has 1 aliphatic rings. The molecule has 4 heteroatoms. The lowest BCUT2D eigenvalue weighted by molar-refractivity contribution is 0.0379. The number of morpholine rings is 1. The Hall–Kier alpha value is -0.943. The van der Waals surface area contributed by atoms with Crippen LogP contribution in [0.25, 0.3) is 6.08 Å². The van der Waals surface area contributed by atoms with Gasteiger partial charge in [0.2, 0.25) is 0 Å². The van der Waals surface area contributed by atoms with Crippen molar-refractivity contribution in [3.63, 3.8) is 0 Å². The highest BCUT2D eigenvalue weighted by molar-refractivity contribution is 6.73. The molecule has 1 fully saturated rings. The van der Waals surface area contributed by atoms with Crippen molar-refractivity contribution in [3.05, 3.63) is 36.4 Å². The molecular weight excluding hydrogens is 278 g/mol. The summed E-state index contributed by atoms with van der Waals surface area (Å²) in [6, 6.07) is 10.2. The van der Waals surface area contributed by atoms with Crippen molar-refractivity contribution < 1.29 is 9.47 Å². The standard InChI is InChI=1S/C17H27NO2Si/c1-3-16-5-7-17(8-6-16)21(15-19-2)14-4-9-18-10-12-20-13-11-18/h3,5-8,21H,1,4,9-15H2,2H3. The van der Waals surface area contributed by atoms with Crippen LogP contribution in [0.1, 0.15) is 12.0 Å². The average Bonchev–Trinajstić information content (AvgIpc) is 2.55. The van der Waals surface area contributed by atoms with Gasteiger partial charge in [0.15, 0.2) is 0 Å². The monoisotopic (exact) mass is 305 g/mol. The maximum Gasteiger partial charge on any atom is 0.100 e. The Balaban J connectivity index is 1.83. The van der Waals surface area contributed by atoms with Crippen LogP contribution in [0.15, 0.2) is 30.8 Å². The van der Waals surface area contributed by atoms with Gasteiger partial charge in [0.25, 0.3) is 0 Å². The van der Waals surface area contributed by atoms with E-state index in [0.717, 1.165) is 32.5 Å². The van der Waals surface area contributed by atoms with E-state index in [4.69, 9.17) is 9.47 Å². The number of nitrogens with zero attached hydrogens (tertiary/aromatic N) is 1. The lowest BCUT2D eigenvalue weighted by Crippen LogP contribution is -2.39. The maximum absolute atomic E-state index is 5.47. The van der Waals surface area contributed by atoms with Gasteiger partial charge in [-0.2, -0.15) is 0 Å². The molecule has 116 valence electrons. The van der Waals surface area contributed by atoms with Gasteiger partial charge in [0, 0.05) is 26.4 Å². The number of hydrogen-bond donors (Lipinski definition) is 0. The molecule has 0 aliphatic carbocycles. The maximum atomic E-state index is 5.47. The largest absolute Gasteiger partial charge is 0.388 e. The summed E-state index contributed by atoms with van der Waals surface area (Å²) in [7, 11) is 0.809. The van der Waals surface area contributed by atoms with Crippen molar-refractivity contribution in [3.8, 4) is 0 Å². The molecule has 0 radical (unpaired) electrons. The first-order valence-electron chi connectivity index (χ1n) is 7.85. The van der Waals surface area contributed by atoms with E-state index in [9.17, 15) is 0 Å². The Bertz CT molecular complexity index is 415. The van der Waals surface area contributed by atoms with E-state index in [2.05, 4.69) is 35.7 Å². The minimum Gasteiger partial charge on any atom is -0.388 e. The van der Waals surface area contributed by atoms with Crippen LogP contribution in [-0.2, 0) is 9.47 Å². The lowest BCUT2D eigenvalue weighted by Gasteiger charge is -2.27. The van der Waals surface area contributed by atoms with Crippen molar-refractivity contribution in [1.29, 1.82) is 0 Å². The van der Waals surface area contributed by atoms with E-state index in [-0.39, 0.29) is 0 Å². The van der Waals surface area contributed by atoms with Gasteiger partial charge in [0.05, 0.1) is 13.2 Å². The highest BCUT2D eigenvalue weighted by Crippen LogP contribution is 2.06. The van der Waals surface area contributed by atoms with Gasteiger partial charge >= 0.3 is 0 Å². The van der Waals surface area contributed by atoms with Crippen LogP contribution < -0.4 is 5.19 Å². The van der Waals surface area contributed by atoms with E-state index in [1.54, 1.807) is 0 Å². The molecule has 0 bridgehead atoms. The summed E-state index contributed by atoms with van der Waals surface area (Å²) in [5.41, 5.74) is 1.19. The van der Waals surface area contributed by atoms with Crippen LogP contribution in [-0.4, -0.2) is 59.9 Å². The van der Waals surface area contributed by atoms with Crippen LogP contribution in [0.5, 0.6) is 0 Å². The molecule has 3 nitrogen and oxygen atoms in total. The first-order valence-corrected chi connectivity index (χ1v) is 10.1. The third kappa shape index (κ3) is 5.40. The number of ether oxygens (including phenoxy) is 2. The topological polar surface area (TPSA) is 21.7 Å². The third-order valence-corrected chi connectivity index (χ3v) is 7.31. The summed E-state index contributed by atoms with van der Waals surface area (Å²) >= 11 is 0. The Morgan fingerprint density at radius 2 is 2.00 bits per heavy atom. The fourth-order valence-corrected chi connectivity index (χ4v) is 5.34. The molecule has 1 aromatic carbocycles. The Kier molecular flexibility index (Phi) is 7.16. The zero-order valence-electron chi connectivity index (χ0n) is 13.1. The highest BCUT2D eigenvalue weighted by Gasteiger charge is 2.15. The van der Waals surface area contributed by atoms with Crippen molar-refractivity contribution in [2.24, 2.45) is 0 Å². The normalized spacial score (nSPS) is 17.6. The fourth-order valence-electron chi connectivity index (χ4n) is 2.84. The predicted molar refractivity (Wildman–Crippen MR) is 91.9 cm³/mol. The molecule has 1 atom stereocenters. The summed E-state index contributed by atoms with van der Waals surface area (Å²) in [5.74, 6) is 0. The van der Waals surface area contributed by atoms with Gasteiger partial charge in [-0.3, -0.25) is 4.90 Å². The lowest BCUT2D eigenvalue weighted by atomic mass is 10.2. The molecule has 0 aromatic heterocycles. The molecule has 2 rings (SSSR count). The second-order valence-electron chi connectivity index (χ2n) is 5.62. The molecule has 1 aliphatic heterocycles. The van der Waals surface area contributed by atoms with Crippen LogP contribution in [0.2, 0.25) is 6.04 Å². The molecule has 21 heavy (non-hydrogen) atoms. The van der Waals surface area contributed by atoms with E-state index in [1.165, 1.54) is 29.8 Å². The smallest absolute Gasteiger partial charge is 0.100 e. The highest BCUT2D eigenvalue weighted by atomic mass is 28.3. The summed E-state index contributed by atoms with van der Waals surface area (Å²) in [6.45, 7) is 8.97. The zero-order valence-corrected chi connectivity index (χ0v) is 14.2. The third-order valence-electron chi connectivity index (χ3n) is 4.14. The van der Waals surface area contributed by atoms with Crippen LogP contribution in [0.4, 0.5) is 0 Å². The number of rotatable bonds is 8. The zero-order chi connectivity index (χ0) is 14.9. The van der Waals surface area contributed by atoms with Gasteiger partial charge in [-0.1, -0.05) is 48.2 Å². The van der Waals surface area contributed by atoms with Crippen LogP contribution >= 0.6 is 0 Å². The van der Waals surface area contributed by atoms with Gasteiger partial charge in [-0.25, -0.2) is 0 Å². The Labute approximate surface area is 130 Å². The Morgan fingerprint density at radius 1 is 1.29 bits per heavy atom. The summed E-state index contributed by atoms with van der Waals surface area (Å²) in [6.07, 6.45) is 4.09. The summed E-state index contributed by atoms with van der Waals surface area (Å²) in [4.78, 5) is 2.52. The van der Waals surface area contributed by atoms with Crippen molar-refractivity contribution >= 4 is 20.1 Å². The summed E-state index contributed by atoms with van der Waals surface area (Å²) < 4.78 is 10.9. The predicted octanol–water partition coefficient (Wildman–Crippen LogP) is 1.67. The first-order chi connectivity index (χ1) is 10.3. The second kappa shape index (κ2) is 9.15. The minimum absolute atomic E-state index is 0.891. The summed E-state index contributed by atoms with van der Waals surface area (Å²) in [5, 5.41) is 1.50. The number of methoxy groups -OCH3 is 1. The number of benzene rings is 1. The van der Waals surface area contributed by atoms with E-state index in [0.29, 0.717) is 0 Å². The number of hydrogen-bond acceptors (Lipinski definition) is 3. The SMILES string of the molecule is C=Cc1ccc([SiH](CCCN2CCOCC2)COC)cc1. The fraction of sp³-hybridized carbons (Fsp3) is 0.529. The molecule has 1 heterocycles. The minimum atomic E-state index is -1.01. The first kappa shape index (κ1) is 16.4. The van der Waals surface area contributed by atoms with Crippen LogP contribution in [0.3, 0.4) is 0 Å². The average molecular weight is 305 g/mol. The van der Waals surface area contributed by atoms with Crippen LogP contribution in [0, 0.1) is 0 Å². The van der Waals surface area contributed by atoms with Crippen molar-refractivity contribution in [2.45, 2.75) is 12.5 Å². The Morgan fingerprint density at radius 3 is 2.62 bits per heavy atom. The van der Waals surface area contributed by atoms with E-state index in [1.807, 2.05) is 13.2 Å². The molecule has 0 saturated carbocycles. The second-order valence-corrected chi connectivity index (χ2v) is 8.59. The van der Waals surface area contributed by atoms with E-state index < -0.39 is 8.80 Å². The van der Waals surface area contributed by atoms with Gasteiger partial charge in [0.1, 0.15) is 8.80 Å². The van der Waals surface area contributed by atoms with Gasteiger partial charge in [-0.15, -0.1) is 0 Å². The van der Waals surface area contributed by atoms with Gasteiger partial charge in [-0.05, 0) is 18.5 Å². The molecule has 0 spiro atoms.